The van der Waals surface area contributed by atoms with Gasteiger partial charge in [0.2, 0.25) is 0 Å². The van der Waals surface area contributed by atoms with Crippen LogP contribution in [0.4, 0.5) is 17.6 Å². The Morgan fingerprint density at radius 3 is 2.30 bits per heavy atom. The first-order valence-electron chi connectivity index (χ1n) is 5.59. The van der Waals surface area contributed by atoms with Crippen LogP contribution in [0.5, 0.6) is 11.5 Å². The molecule has 0 atom stereocenters. The van der Waals surface area contributed by atoms with Crippen LogP contribution in [0.1, 0.15) is 0 Å². The summed E-state index contributed by atoms with van der Waals surface area (Å²) in [5.74, 6) is -0.859. The third kappa shape index (κ3) is 3.40. The fourth-order valence-electron chi connectivity index (χ4n) is 1.71. The third-order valence-corrected chi connectivity index (χ3v) is 2.55. The lowest BCUT2D eigenvalue weighted by Gasteiger charge is -2.11. The number of alkyl halides is 3. The van der Waals surface area contributed by atoms with E-state index in [2.05, 4.69) is 4.74 Å². The van der Waals surface area contributed by atoms with Gasteiger partial charge in [-0.25, -0.2) is 4.39 Å². The lowest BCUT2D eigenvalue weighted by atomic mass is 10.1. The minimum absolute atomic E-state index is 0.0182. The van der Waals surface area contributed by atoms with E-state index in [0.29, 0.717) is 11.1 Å². The monoisotopic (exact) mass is 286 g/mol. The van der Waals surface area contributed by atoms with Crippen molar-refractivity contribution in [3.63, 3.8) is 0 Å². The SMILES string of the molecule is COc1cc(-c2cccc(OC(F)(F)F)c2)ccc1F. The van der Waals surface area contributed by atoms with Gasteiger partial charge >= 0.3 is 6.36 Å². The molecule has 0 aliphatic rings. The van der Waals surface area contributed by atoms with Gasteiger partial charge in [-0.3, -0.25) is 0 Å². The van der Waals surface area contributed by atoms with Crippen LogP contribution >= 0.6 is 0 Å². The van der Waals surface area contributed by atoms with Crippen molar-refractivity contribution >= 4 is 0 Å². The van der Waals surface area contributed by atoms with Crippen LogP contribution in [-0.4, -0.2) is 13.5 Å². The van der Waals surface area contributed by atoms with E-state index >= 15 is 0 Å². The van der Waals surface area contributed by atoms with Crippen molar-refractivity contribution in [3.8, 4) is 22.6 Å². The minimum atomic E-state index is -4.75. The predicted molar refractivity (Wildman–Crippen MR) is 65.1 cm³/mol. The van der Waals surface area contributed by atoms with E-state index in [-0.39, 0.29) is 11.5 Å². The third-order valence-electron chi connectivity index (χ3n) is 2.55. The number of methoxy groups -OCH3 is 1. The Hall–Kier alpha value is -2.24. The van der Waals surface area contributed by atoms with Gasteiger partial charge in [-0.2, -0.15) is 0 Å². The van der Waals surface area contributed by atoms with Crippen molar-refractivity contribution in [2.75, 3.05) is 7.11 Å². The highest BCUT2D eigenvalue weighted by molar-refractivity contribution is 5.66. The molecule has 0 N–H and O–H groups in total. The van der Waals surface area contributed by atoms with Crippen LogP contribution in [0, 0.1) is 5.82 Å². The summed E-state index contributed by atoms with van der Waals surface area (Å²) in [6.45, 7) is 0. The lowest BCUT2D eigenvalue weighted by Crippen LogP contribution is -2.17. The molecule has 0 aliphatic heterocycles. The van der Waals surface area contributed by atoms with Crippen molar-refractivity contribution in [2.45, 2.75) is 6.36 Å². The Morgan fingerprint density at radius 1 is 0.950 bits per heavy atom. The predicted octanol–water partition coefficient (Wildman–Crippen LogP) is 4.40. The van der Waals surface area contributed by atoms with Crippen LogP contribution < -0.4 is 9.47 Å². The quantitative estimate of drug-likeness (QED) is 0.779. The summed E-state index contributed by atoms with van der Waals surface area (Å²) in [6.07, 6.45) is -4.75. The van der Waals surface area contributed by atoms with Crippen molar-refractivity contribution in [1.82, 2.24) is 0 Å². The van der Waals surface area contributed by atoms with E-state index in [4.69, 9.17) is 4.74 Å². The van der Waals surface area contributed by atoms with Crippen LogP contribution in [0.25, 0.3) is 11.1 Å². The summed E-state index contributed by atoms with van der Waals surface area (Å²) in [5.41, 5.74) is 0.987. The zero-order valence-corrected chi connectivity index (χ0v) is 10.4. The van der Waals surface area contributed by atoms with Crippen molar-refractivity contribution < 1.29 is 27.0 Å². The average molecular weight is 286 g/mol. The molecule has 0 saturated heterocycles. The van der Waals surface area contributed by atoms with Gasteiger partial charge in [-0.1, -0.05) is 18.2 Å². The molecule has 2 aromatic rings. The molecule has 0 aromatic heterocycles. The normalized spacial score (nSPS) is 11.2. The number of hydrogen-bond donors (Lipinski definition) is 0. The first-order valence-corrected chi connectivity index (χ1v) is 5.59. The minimum Gasteiger partial charge on any atom is -0.494 e. The summed E-state index contributed by atoms with van der Waals surface area (Å²) < 4.78 is 58.4. The summed E-state index contributed by atoms with van der Waals surface area (Å²) in [5, 5.41) is 0. The maximum absolute atomic E-state index is 13.3. The summed E-state index contributed by atoms with van der Waals surface area (Å²) in [7, 11) is 1.31. The van der Waals surface area contributed by atoms with Crippen LogP contribution in [-0.2, 0) is 0 Å². The van der Waals surface area contributed by atoms with Gasteiger partial charge in [0, 0.05) is 0 Å². The Morgan fingerprint density at radius 2 is 1.65 bits per heavy atom. The molecule has 20 heavy (non-hydrogen) atoms. The van der Waals surface area contributed by atoms with Crippen LogP contribution in [0.2, 0.25) is 0 Å². The molecule has 0 amide bonds. The molecule has 0 fully saturated rings. The molecule has 0 aliphatic carbocycles. The van der Waals surface area contributed by atoms with Gasteiger partial charge in [0.15, 0.2) is 11.6 Å². The maximum Gasteiger partial charge on any atom is 0.573 e. The summed E-state index contributed by atoms with van der Waals surface area (Å²) >= 11 is 0. The number of ether oxygens (including phenoxy) is 2. The molecule has 2 rings (SSSR count). The molecule has 2 aromatic carbocycles. The molecule has 106 valence electrons. The fraction of sp³-hybridized carbons (Fsp3) is 0.143. The zero-order chi connectivity index (χ0) is 14.8. The van der Waals surface area contributed by atoms with Crippen LogP contribution in [0.15, 0.2) is 42.5 Å². The Bertz CT molecular complexity index is 608. The van der Waals surface area contributed by atoms with E-state index in [0.717, 1.165) is 0 Å². The largest absolute Gasteiger partial charge is 0.573 e. The standard InChI is InChI=1S/C14H10F4O2/c1-19-13-8-10(5-6-12(13)15)9-3-2-4-11(7-9)20-14(16,17)18/h2-8H,1H3. The molecule has 6 heteroatoms. The van der Waals surface area contributed by atoms with Gasteiger partial charge < -0.3 is 9.47 Å². The molecular formula is C14H10F4O2. The Balaban J connectivity index is 2.36. The fourth-order valence-corrected chi connectivity index (χ4v) is 1.71. The highest BCUT2D eigenvalue weighted by Gasteiger charge is 2.31. The summed E-state index contributed by atoms with van der Waals surface area (Å²) in [4.78, 5) is 0. The van der Waals surface area contributed by atoms with E-state index in [9.17, 15) is 17.6 Å². The molecule has 0 unspecified atom stereocenters. The molecule has 2 nitrogen and oxygen atoms in total. The van der Waals surface area contributed by atoms with E-state index in [1.165, 1.54) is 43.5 Å². The first-order chi connectivity index (χ1) is 9.39. The molecule has 0 heterocycles. The van der Waals surface area contributed by atoms with Gasteiger partial charge in [-0.15, -0.1) is 13.2 Å². The molecule has 0 spiro atoms. The highest BCUT2D eigenvalue weighted by Crippen LogP contribution is 2.30. The molecule has 0 radical (unpaired) electrons. The van der Waals surface area contributed by atoms with Gasteiger partial charge in [-0.05, 0) is 35.4 Å². The Labute approximate surface area is 112 Å². The van der Waals surface area contributed by atoms with Crippen molar-refractivity contribution in [1.29, 1.82) is 0 Å². The maximum atomic E-state index is 13.3. The van der Waals surface area contributed by atoms with Gasteiger partial charge in [0.25, 0.3) is 0 Å². The van der Waals surface area contributed by atoms with Gasteiger partial charge in [0.1, 0.15) is 5.75 Å². The molecule has 0 bridgehead atoms. The number of hydrogen-bond acceptors (Lipinski definition) is 2. The second-order valence-corrected chi connectivity index (χ2v) is 3.92. The van der Waals surface area contributed by atoms with Crippen LogP contribution in [0.3, 0.4) is 0 Å². The molecule has 0 saturated carbocycles. The second kappa shape index (κ2) is 5.40. The lowest BCUT2D eigenvalue weighted by molar-refractivity contribution is -0.274. The van der Waals surface area contributed by atoms with Crippen molar-refractivity contribution in [3.05, 3.63) is 48.3 Å². The number of halogens is 4. The number of rotatable bonds is 3. The smallest absolute Gasteiger partial charge is 0.494 e. The van der Waals surface area contributed by atoms with Crippen molar-refractivity contribution in [2.24, 2.45) is 0 Å². The zero-order valence-electron chi connectivity index (χ0n) is 10.4. The molecular weight excluding hydrogens is 276 g/mol. The van der Waals surface area contributed by atoms with E-state index in [1.54, 1.807) is 6.07 Å². The Kier molecular flexibility index (Phi) is 3.83. The number of benzene rings is 2. The highest BCUT2D eigenvalue weighted by atomic mass is 19.4. The van der Waals surface area contributed by atoms with E-state index in [1.807, 2.05) is 0 Å². The second-order valence-electron chi connectivity index (χ2n) is 3.92. The first kappa shape index (κ1) is 14.2. The topological polar surface area (TPSA) is 18.5 Å². The van der Waals surface area contributed by atoms with E-state index < -0.39 is 12.2 Å². The van der Waals surface area contributed by atoms with Gasteiger partial charge in [0.05, 0.1) is 7.11 Å². The average Bonchev–Trinajstić information content (AvgIpc) is 2.37. The summed E-state index contributed by atoms with van der Waals surface area (Å²) in [6, 6.07) is 9.47.